The Morgan fingerprint density at radius 3 is 2.64 bits per heavy atom. The van der Waals surface area contributed by atoms with Crippen LogP contribution >= 0.6 is 11.6 Å². The third-order valence-electron chi connectivity index (χ3n) is 3.56. The summed E-state index contributed by atoms with van der Waals surface area (Å²) in [4.78, 5) is 12.4. The van der Waals surface area contributed by atoms with Crippen LogP contribution in [0.4, 0.5) is 0 Å². The maximum atomic E-state index is 12.4. The standard InChI is InChI=1S/C18H16ClNO2/c1-13-11-14-7-8-15(19)12-17(14)20(18(13)21)9-10-22-16-5-3-2-4-6-16/h2-8,11-12H,9-10H2,1H3. The van der Waals surface area contributed by atoms with Crippen molar-refractivity contribution >= 4 is 22.5 Å². The van der Waals surface area contributed by atoms with E-state index in [0.717, 1.165) is 22.2 Å². The van der Waals surface area contributed by atoms with Crippen LogP contribution in [-0.2, 0) is 6.54 Å². The van der Waals surface area contributed by atoms with Crippen LogP contribution in [0.2, 0.25) is 5.02 Å². The molecular weight excluding hydrogens is 298 g/mol. The second kappa shape index (κ2) is 6.24. The molecule has 0 fully saturated rings. The largest absolute Gasteiger partial charge is 0.492 e. The Morgan fingerprint density at radius 2 is 1.86 bits per heavy atom. The van der Waals surface area contributed by atoms with Crippen LogP contribution in [0.5, 0.6) is 5.75 Å². The highest BCUT2D eigenvalue weighted by atomic mass is 35.5. The molecule has 0 saturated heterocycles. The molecule has 0 aliphatic heterocycles. The van der Waals surface area contributed by atoms with Crippen LogP contribution in [0.15, 0.2) is 59.4 Å². The summed E-state index contributed by atoms with van der Waals surface area (Å²) in [6, 6.07) is 17.0. The Morgan fingerprint density at radius 1 is 1.09 bits per heavy atom. The minimum absolute atomic E-state index is 0.00794. The number of hydrogen-bond acceptors (Lipinski definition) is 2. The summed E-state index contributed by atoms with van der Waals surface area (Å²) < 4.78 is 7.41. The first-order chi connectivity index (χ1) is 10.6. The highest BCUT2D eigenvalue weighted by Crippen LogP contribution is 2.19. The maximum absolute atomic E-state index is 12.4. The zero-order valence-electron chi connectivity index (χ0n) is 12.3. The van der Waals surface area contributed by atoms with Gasteiger partial charge in [-0.05, 0) is 42.6 Å². The second-order valence-electron chi connectivity index (χ2n) is 5.15. The number of rotatable bonds is 4. The van der Waals surface area contributed by atoms with Crippen LogP contribution in [0.3, 0.4) is 0 Å². The molecule has 22 heavy (non-hydrogen) atoms. The van der Waals surface area contributed by atoms with Gasteiger partial charge in [-0.15, -0.1) is 0 Å². The number of aromatic nitrogens is 1. The Hall–Kier alpha value is -2.26. The summed E-state index contributed by atoms with van der Waals surface area (Å²) in [6.45, 7) is 2.73. The monoisotopic (exact) mass is 313 g/mol. The topological polar surface area (TPSA) is 31.2 Å². The first-order valence-electron chi connectivity index (χ1n) is 7.13. The molecule has 3 nitrogen and oxygen atoms in total. The number of aryl methyl sites for hydroxylation is 1. The molecule has 0 amide bonds. The predicted molar refractivity (Wildman–Crippen MR) is 89.9 cm³/mol. The molecule has 0 aliphatic carbocycles. The lowest BCUT2D eigenvalue weighted by atomic mass is 10.1. The van der Waals surface area contributed by atoms with Crippen molar-refractivity contribution in [1.29, 1.82) is 0 Å². The lowest BCUT2D eigenvalue weighted by Gasteiger charge is -2.13. The van der Waals surface area contributed by atoms with Gasteiger partial charge in [0.05, 0.1) is 12.1 Å². The van der Waals surface area contributed by atoms with E-state index >= 15 is 0 Å². The average molecular weight is 314 g/mol. The molecular formula is C18H16ClNO2. The number of hydrogen-bond donors (Lipinski definition) is 0. The molecule has 0 radical (unpaired) electrons. The van der Waals surface area contributed by atoms with E-state index in [9.17, 15) is 4.79 Å². The van der Waals surface area contributed by atoms with E-state index < -0.39 is 0 Å². The van der Waals surface area contributed by atoms with E-state index in [1.54, 1.807) is 4.57 Å². The highest BCUT2D eigenvalue weighted by molar-refractivity contribution is 6.31. The average Bonchev–Trinajstić information content (AvgIpc) is 2.53. The normalized spacial score (nSPS) is 10.8. The van der Waals surface area contributed by atoms with Crippen molar-refractivity contribution in [3.63, 3.8) is 0 Å². The lowest BCUT2D eigenvalue weighted by Crippen LogP contribution is -2.25. The van der Waals surface area contributed by atoms with Crippen LogP contribution < -0.4 is 10.3 Å². The van der Waals surface area contributed by atoms with E-state index in [-0.39, 0.29) is 5.56 Å². The molecule has 0 saturated carbocycles. The van der Waals surface area contributed by atoms with Crippen LogP contribution in [-0.4, -0.2) is 11.2 Å². The fourth-order valence-corrected chi connectivity index (χ4v) is 2.65. The molecule has 2 aromatic carbocycles. The number of ether oxygens (including phenoxy) is 1. The molecule has 3 rings (SSSR count). The van der Waals surface area contributed by atoms with Crippen molar-refractivity contribution in [2.24, 2.45) is 0 Å². The maximum Gasteiger partial charge on any atom is 0.254 e. The fraction of sp³-hybridized carbons (Fsp3) is 0.167. The minimum Gasteiger partial charge on any atom is -0.492 e. The van der Waals surface area contributed by atoms with Gasteiger partial charge in [0.15, 0.2) is 0 Å². The first-order valence-corrected chi connectivity index (χ1v) is 7.50. The van der Waals surface area contributed by atoms with Crippen molar-refractivity contribution in [3.8, 4) is 5.75 Å². The molecule has 112 valence electrons. The Bertz CT molecular complexity index is 856. The van der Waals surface area contributed by atoms with Crippen molar-refractivity contribution < 1.29 is 4.74 Å². The molecule has 4 heteroatoms. The highest BCUT2D eigenvalue weighted by Gasteiger charge is 2.07. The van der Waals surface area contributed by atoms with Crippen molar-refractivity contribution in [1.82, 2.24) is 4.57 Å². The summed E-state index contributed by atoms with van der Waals surface area (Å²) in [5.41, 5.74) is 1.54. The summed E-state index contributed by atoms with van der Waals surface area (Å²) in [7, 11) is 0. The number of benzene rings is 2. The summed E-state index contributed by atoms with van der Waals surface area (Å²) >= 11 is 6.07. The third-order valence-corrected chi connectivity index (χ3v) is 3.80. The smallest absolute Gasteiger partial charge is 0.254 e. The Labute approximate surface area is 133 Å². The molecule has 0 bridgehead atoms. The Kier molecular flexibility index (Phi) is 4.16. The molecule has 3 aromatic rings. The number of pyridine rings is 1. The second-order valence-corrected chi connectivity index (χ2v) is 5.59. The van der Waals surface area contributed by atoms with E-state index in [1.807, 2.05) is 61.5 Å². The van der Waals surface area contributed by atoms with E-state index in [4.69, 9.17) is 16.3 Å². The number of nitrogens with zero attached hydrogens (tertiary/aromatic N) is 1. The predicted octanol–water partition coefficient (Wildman–Crippen LogP) is 4.04. The molecule has 0 atom stereocenters. The Balaban J connectivity index is 1.90. The van der Waals surface area contributed by atoms with Gasteiger partial charge in [0.25, 0.3) is 5.56 Å². The molecule has 1 aromatic heterocycles. The van der Waals surface area contributed by atoms with Crippen LogP contribution in [0.25, 0.3) is 10.9 Å². The lowest BCUT2D eigenvalue weighted by molar-refractivity contribution is 0.298. The third kappa shape index (κ3) is 3.00. The molecule has 0 unspecified atom stereocenters. The quantitative estimate of drug-likeness (QED) is 0.728. The van der Waals surface area contributed by atoms with Crippen LogP contribution in [0.1, 0.15) is 5.56 Å². The fourth-order valence-electron chi connectivity index (χ4n) is 2.48. The summed E-state index contributed by atoms with van der Waals surface area (Å²) in [5, 5.41) is 1.62. The minimum atomic E-state index is -0.00794. The van der Waals surface area contributed by atoms with Gasteiger partial charge < -0.3 is 9.30 Å². The molecule has 0 N–H and O–H groups in total. The van der Waals surface area contributed by atoms with Gasteiger partial charge in [-0.3, -0.25) is 4.79 Å². The molecule has 0 spiro atoms. The SMILES string of the molecule is Cc1cc2ccc(Cl)cc2n(CCOc2ccccc2)c1=O. The van der Waals surface area contributed by atoms with Crippen molar-refractivity contribution in [3.05, 3.63) is 75.5 Å². The number of fused-ring (bicyclic) bond motifs is 1. The first kappa shape index (κ1) is 14.7. The van der Waals surface area contributed by atoms with Crippen LogP contribution in [0, 0.1) is 6.92 Å². The zero-order valence-corrected chi connectivity index (χ0v) is 13.0. The van der Waals surface area contributed by atoms with Crippen molar-refractivity contribution in [2.75, 3.05) is 6.61 Å². The summed E-state index contributed by atoms with van der Waals surface area (Å²) in [6.07, 6.45) is 0. The molecule has 0 aliphatic rings. The van der Waals surface area contributed by atoms with Crippen molar-refractivity contribution in [2.45, 2.75) is 13.5 Å². The van der Waals surface area contributed by atoms with E-state index in [1.165, 1.54) is 0 Å². The van der Waals surface area contributed by atoms with Gasteiger partial charge in [-0.2, -0.15) is 0 Å². The molecule has 1 heterocycles. The zero-order chi connectivity index (χ0) is 15.5. The summed E-state index contributed by atoms with van der Waals surface area (Å²) in [5.74, 6) is 0.797. The van der Waals surface area contributed by atoms with Gasteiger partial charge >= 0.3 is 0 Å². The van der Waals surface area contributed by atoms with Gasteiger partial charge in [0, 0.05) is 10.6 Å². The van der Waals surface area contributed by atoms with Gasteiger partial charge in [0.2, 0.25) is 0 Å². The van der Waals surface area contributed by atoms with E-state index in [0.29, 0.717) is 18.2 Å². The van der Waals surface area contributed by atoms with Gasteiger partial charge in [-0.25, -0.2) is 0 Å². The van der Waals surface area contributed by atoms with E-state index in [2.05, 4.69) is 0 Å². The van der Waals surface area contributed by atoms with Gasteiger partial charge in [0.1, 0.15) is 12.4 Å². The number of halogens is 1. The van der Waals surface area contributed by atoms with Gasteiger partial charge in [-0.1, -0.05) is 35.9 Å². The number of para-hydroxylation sites is 1.